The number of nitrogens with zero attached hydrogens (tertiary/aromatic N) is 3. The first-order valence-electron chi connectivity index (χ1n) is 7.73. The van der Waals surface area contributed by atoms with Crippen molar-refractivity contribution in [3.63, 3.8) is 0 Å². The van der Waals surface area contributed by atoms with Crippen LogP contribution in [0.25, 0.3) is 0 Å². The lowest BCUT2D eigenvalue weighted by atomic mass is 9.96. The quantitative estimate of drug-likeness (QED) is 0.720. The summed E-state index contributed by atoms with van der Waals surface area (Å²) in [7, 11) is 0. The normalized spacial score (nSPS) is 11.7. The number of aromatic amines is 1. The number of aliphatic hydroxyl groups excluding tert-OH is 1. The second kappa shape index (κ2) is 8.12. The highest BCUT2D eigenvalue weighted by atomic mass is 16.3. The summed E-state index contributed by atoms with van der Waals surface area (Å²) in [5.41, 5.74) is -0.172. The highest BCUT2D eigenvalue weighted by molar-refractivity contribution is 5.90. The maximum atomic E-state index is 12.4. The summed E-state index contributed by atoms with van der Waals surface area (Å²) < 4.78 is 0. The molecule has 1 aromatic rings. The molecule has 0 atom stereocenters. The molecule has 1 rings (SSSR count). The standard InChI is InChI=1S/C15H28N4O2/c1-5-6-7-8-9-19(10-11-20)13(21)12-16-14(18-17-12)15(2,3)4/h20H,5-11H2,1-4H3,(H,16,17,18). The van der Waals surface area contributed by atoms with E-state index in [1.807, 2.05) is 20.8 Å². The number of unbranched alkanes of at least 4 members (excludes halogenated alkanes) is 3. The molecule has 0 aliphatic carbocycles. The molecule has 1 amide bonds. The molecule has 0 saturated carbocycles. The van der Waals surface area contributed by atoms with Gasteiger partial charge in [0.15, 0.2) is 0 Å². The van der Waals surface area contributed by atoms with E-state index in [-0.39, 0.29) is 23.8 Å². The summed E-state index contributed by atoms with van der Waals surface area (Å²) in [6.07, 6.45) is 4.35. The molecule has 0 bridgehead atoms. The third-order valence-corrected chi connectivity index (χ3v) is 3.33. The minimum atomic E-state index is -0.215. The molecule has 1 aromatic heterocycles. The van der Waals surface area contributed by atoms with Gasteiger partial charge < -0.3 is 10.0 Å². The van der Waals surface area contributed by atoms with Crippen LogP contribution >= 0.6 is 0 Å². The highest BCUT2D eigenvalue weighted by Crippen LogP contribution is 2.17. The molecule has 0 radical (unpaired) electrons. The topological polar surface area (TPSA) is 82.1 Å². The first-order valence-corrected chi connectivity index (χ1v) is 7.73. The Labute approximate surface area is 127 Å². The van der Waals surface area contributed by atoms with Gasteiger partial charge in [0.1, 0.15) is 5.82 Å². The van der Waals surface area contributed by atoms with E-state index in [1.54, 1.807) is 4.90 Å². The molecule has 0 unspecified atom stereocenters. The lowest BCUT2D eigenvalue weighted by Gasteiger charge is -2.20. The lowest BCUT2D eigenvalue weighted by Crippen LogP contribution is -2.35. The largest absolute Gasteiger partial charge is 0.395 e. The average Bonchev–Trinajstić information content (AvgIpc) is 2.91. The molecule has 6 heteroatoms. The molecule has 0 aliphatic rings. The number of rotatable bonds is 8. The molecule has 2 N–H and O–H groups in total. The number of H-pyrrole nitrogens is 1. The van der Waals surface area contributed by atoms with Gasteiger partial charge in [-0.3, -0.25) is 9.89 Å². The smallest absolute Gasteiger partial charge is 0.293 e. The van der Waals surface area contributed by atoms with Gasteiger partial charge in [-0.1, -0.05) is 47.0 Å². The van der Waals surface area contributed by atoms with Gasteiger partial charge in [-0.25, -0.2) is 4.98 Å². The van der Waals surface area contributed by atoms with E-state index in [4.69, 9.17) is 5.11 Å². The predicted molar refractivity (Wildman–Crippen MR) is 82.2 cm³/mol. The average molecular weight is 296 g/mol. The van der Waals surface area contributed by atoms with E-state index >= 15 is 0 Å². The fourth-order valence-corrected chi connectivity index (χ4v) is 2.00. The number of aliphatic hydroxyl groups is 1. The Kier molecular flexibility index (Phi) is 6.81. The van der Waals surface area contributed by atoms with E-state index < -0.39 is 0 Å². The Morgan fingerprint density at radius 1 is 1.24 bits per heavy atom. The van der Waals surface area contributed by atoms with Crippen LogP contribution in [0.2, 0.25) is 0 Å². The van der Waals surface area contributed by atoms with Crippen LogP contribution in [-0.2, 0) is 5.41 Å². The summed E-state index contributed by atoms with van der Waals surface area (Å²) in [5, 5.41) is 16.0. The van der Waals surface area contributed by atoms with Crippen molar-refractivity contribution in [2.75, 3.05) is 19.7 Å². The SMILES string of the molecule is CCCCCCN(CCO)C(=O)c1n[nH]c(C(C)(C)C)n1. The van der Waals surface area contributed by atoms with Crippen molar-refractivity contribution >= 4 is 5.91 Å². The van der Waals surface area contributed by atoms with Crippen molar-refractivity contribution in [3.05, 3.63) is 11.6 Å². The van der Waals surface area contributed by atoms with Crippen molar-refractivity contribution in [1.82, 2.24) is 20.1 Å². The molecule has 6 nitrogen and oxygen atoms in total. The first kappa shape index (κ1) is 17.6. The minimum absolute atomic E-state index is 0.0456. The molecule has 0 fully saturated rings. The molecular weight excluding hydrogens is 268 g/mol. The van der Waals surface area contributed by atoms with Crippen LogP contribution in [0.1, 0.15) is 69.8 Å². The van der Waals surface area contributed by atoms with E-state index in [0.717, 1.165) is 25.7 Å². The number of nitrogens with one attached hydrogen (secondary N) is 1. The first-order chi connectivity index (χ1) is 9.90. The molecule has 0 spiro atoms. The molecule has 21 heavy (non-hydrogen) atoms. The highest BCUT2D eigenvalue weighted by Gasteiger charge is 2.24. The van der Waals surface area contributed by atoms with Crippen LogP contribution < -0.4 is 0 Å². The Morgan fingerprint density at radius 2 is 1.95 bits per heavy atom. The number of aromatic nitrogens is 3. The Balaban J connectivity index is 2.69. The van der Waals surface area contributed by atoms with Crippen LogP contribution in [0.15, 0.2) is 0 Å². The maximum absolute atomic E-state index is 12.4. The maximum Gasteiger partial charge on any atom is 0.293 e. The second-order valence-corrected chi connectivity index (χ2v) is 6.33. The van der Waals surface area contributed by atoms with E-state index in [0.29, 0.717) is 18.9 Å². The number of carbonyl (C=O) groups excluding carboxylic acids is 1. The van der Waals surface area contributed by atoms with Crippen LogP contribution in [-0.4, -0.2) is 50.8 Å². The van der Waals surface area contributed by atoms with Crippen molar-refractivity contribution < 1.29 is 9.90 Å². The van der Waals surface area contributed by atoms with Crippen LogP contribution in [0, 0.1) is 0 Å². The summed E-state index contributed by atoms with van der Waals surface area (Å²) in [6.45, 7) is 9.10. The van der Waals surface area contributed by atoms with Crippen molar-refractivity contribution in [1.29, 1.82) is 0 Å². The van der Waals surface area contributed by atoms with Gasteiger partial charge in [-0.2, -0.15) is 0 Å². The second-order valence-electron chi connectivity index (χ2n) is 6.33. The van der Waals surface area contributed by atoms with E-state index in [1.165, 1.54) is 0 Å². The molecular formula is C15H28N4O2. The van der Waals surface area contributed by atoms with Gasteiger partial charge in [0, 0.05) is 18.5 Å². The predicted octanol–water partition coefficient (Wildman–Crippen LogP) is 2.12. The Bertz CT molecular complexity index is 437. The third kappa shape index (κ3) is 5.46. The summed E-state index contributed by atoms with van der Waals surface area (Å²) in [4.78, 5) is 18.3. The summed E-state index contributed by atoms with van der Waals surface area (Å²) in [5.74, 6) is 0.664. The van der Waals surface area contributed by atoms with Crippen LogP contribution in [0.4, 0.5) is 0 Å². The van der Waals surface area contributed by atoms with Crippen molar-refractivity contribution in [2.45, 2.75) is 58.8 Å². The monoisotopic (exact) mass is 296 g/mol. The number of amides is 1. The summed E-state index contributed by atoms with van der Waals surface area (Å²) >= 11 is 0. The third-order valence-electron chi connectivity index (χ3n) is 3.33. The molecule has 120 valence electrons. The van der Waals surface area contributed by atoms with Gasteiger partial charge in [0.25, 0.3) is 5.91 Å². The van der Waals surface area contributed by atoms with Gasteiger partial charge in [0.05, 0.1) is 6.61 Å². The molecule has 0 aliphatic heterocycles. The summed E-state index contributed by atoms with van der Waals surface area (Å²) in [6, 6.07) is 0. The number of hydrogen-bond acceptors (Lipinski definition) is 4. The van der Waals surface area contributed by atoms with Crippen molar-refractivity contribution in [2.24, 2.45) is 0 Å². The fraction of sp³-hybridized carbons (Fsp3) is 0.800. The number of hydrogen-bond donors (Lipinski definition) is 2. The zero-order chi connectivity index (χ0) is 15.9. The lowest BCUT2D eigenvalue weighted by molar-refractivity contribution is 0.0706. The van der Waals surface area contributed by atoms with E-state index in [9.17, 15) is 4.79 Å². The van der Waals surface area contributed by atoms with Crippen LogP contribution in [0.3, 0.4) is 0 Å². The Hall–Kier alpha value is -1.43. The van der Waals surface area contributed by atoms with Gasteiger partial charge >= 0.3 is 0 Å². The number of carbonyl (C=O) groups is 1. The molecule has 0 aromatic carbocycles. The van der Waals surface area contributed by atoms with Crippen LogP contribution in [0.5, 0.6) is 0 Å². The zero-order valence-corrected chi connectivity index (χ0v) is 13.6. The fourth-order valence-electron chi connectivity index (χ4n) is 2.00. The van der Waals surface area contributed by atoms with Gasteiger partial charge in [-0.15, -0.1) is 5.10 Å². The van der Waals surface area contributed by atoms with Gasteiger partial charge in [-0.05, 0) is 6.42 Å². The minimum Gasteiger partial charge on any atom is -0.395 e. The molecule has 0 saturated heterocycles. The van der Waals surface area contributed by atoms with Gasteiger partial charge in [0.2, 0.25) is 5.82 Å². The zero-order valence-electron chi connectivity index (χ0n) is 13.6. The van der Waals surface area contributed by atoms with Crippen molar-refractivity contribution in [3.8, 4) is 0 Å². The molecule has 1 heterocycles. The Morgan fingerprint density at radius 3 is 2.48 bits per heavy atom. The van der Waals surface area contributed by atoms with E-state index in [2.05, 4.69) is 22.1 Å².